The fraction of sp³-hybridized carbons (Fsp3) is 0.250. The second-order valence-corrected chi connectivity index (χ2v) is 3.57. The second kappa shape index (κ2) is 3.66. The standard InChI is InChI=1S/C12H14N2/c1-10-7-8-12(13)14(10)9-11-5-3-2-4-6-11/h2-7,13H,8-9H2,1H3. The summed E-state index contributed by atoms with van der Waals surface area (Å²) < 4.78 is 0. The van der Waals surface area contributed by atoms with Crippen LogP contribution < -0.4 is 0 Å². The Kier molecular flexibility index (Phi) is 2.35. The van der Waals surface area contributed by atoms with Gasteiger partial charge in [0.25, 0.3) is 0 Å². The van der Waals surface area contributed by atoms with Crippen molar-refractivity contribution in [2.75, 3.05) is 0 Å². The summed E-state index contributed by atoms with van der Waals surface area (Å²) in [5, 5.41) is 7.76. The Morgan fingerprint density at radius 2 is 2.00 bits per heavy atom. The van der Waals surface area contributed by atoms with Crippen molar-refractivity contribution in [1.29, 1.82) is 5.41 Å². The number of amidine groups is 1. The minimum Gasteiger partial charge on any atom is -0.330 e. The average molecular weight is 186 g/mol. The molecule has 0 saturated heterocycles. The molecule has 0 unspecified atom stereocenters. The summed E-state index contributed by atoms with van der Waals surface area (Å²) in [6, 6.07) is 10.3. The maximum absolute atomic E-state index is 7.76. The predicted molar refractivity (Wildman–Crippen MR) is 58.1 cm³/mol. The molecule has 14 heavy (non-hydrogen) atoms. The molecule has 1 aromatic carbocycles. The first-order chi connectivity index (χ1) is 6.77. The molecule has 0 bridgehead atoms. The van der Waals surface area contributed by atoms with E-state index in [1.165, 1.54) is 11.3 Å². The Balaban J connectivity index is 2.12. The number of nitrogens with zero attached hydrogens (tertiary/aromatic N) is 1. The molecule has 2 nitrogen and oxygen atoms in total. The first-order valence-corrected chi connectivity index (χ1v) is 4.83. The minimum absolute atomic E-state index is 0.700. The molecule has 0 spiro atoms. The van der Waals surface area contributed by atoms with Crippen LogP contribution in [0.5, 0.6) is 0 Å². The Bertz CT molecular complexity index is 365. The highest BCUT2D eigenvalue weighted by Gasteiger charge is 2.16. The molecule has 1 N–H and O–H groups in total. The summed E-state index contributed by atoms with van der Waals surface area (Å²) in [4.78, 5) is 2.05. The molecule has 0 atom stereocenters. The van der Waals surface area contributed by atoms with Gasteiger partial charge in [-0.15, -0.1) is 0 Å². The predicted octanol–water partition coefficient (Wildman–Crippen LogP) is 2.77. The third-order valence-corrected chi connectivity index (χ3v) is 2.53. The van der Waals surface area contributed by atoms with Gasteiger partial charge < -0.3 is 4.90 Å². The highest BCUT2D eigenvalue weighted by Crippen LogP contribution is 2.18. The molecular formula is C12H14N2. The molecule has 2 heteroatoms. The summed E-state index contributed by atoms with van der Waals surface area (Å²) in [5.74, 6) is 0.700. The third-order valence-electron chi connectivity index (χ3n) is 2.53. The van der Waals surface area contributed by atoms with E-state index < -0.39 is 0 Å². The quantitative estimate of drug-likeness (QED) is 0.755. The molecule has 0 fully saturated rings. The van der Waals surface area contributed by atoms with Crippen LogP contribution in [0.1, 0.15) is 18.9 Å². The Labute approximate surface area is 84.4 Å². The molecule has 0 aliphatic carbocycles. The first kappa shape index (κ1) is 9.00. The van der Waals surface area contributed by atoms with Crippen LogP contribution in [0.25, 0.3) is 0 Å². The molecule has 72 valence electrons. The van der Waals surface area contributed by atoms with E-state index in [0.717, 1.165) is 13.0 Å². The maximum atomic E-state index is 7.76. The van der Waals surface area contributed by atoms with Crippen molar-refractivity contribution < 1.29 is 0 Å². The number of nitrogens with one attached hydrogen (secondary N) is 1. The summed E-state index contributed by atoms with van der Waals surface area (Å²) >= 11 is 0. The van der Waals surface area contributed by atoms with E-state index in [1.54, 1.807) is 0 Å². The summed E-state index contributed by atoms with van der Waals surface area (Å²) in [7, 11) is 0. The molecular weight excluding hydrogens is 172 g/mol. The summed E-state index contributed by atoms with van der Waals surface area (Å²) in [6.45, 7) is 2.88. The molecule has 0 amide bonds. The fourth-order valence-electron chi connectivity index (χ4n) is 1.66. The van der Waals surface area contributed by atoms with Crippen LogP contribution in [0.2, 0.25) is 0 Å². The number of rotatable bonds is 2. The van der Waals surface area contributed by atoms with Gasteiger partial charge in [-0.25, -0.2) is 0 Å². The van der Waals surface area contributed by atoms with Gasteiger partial charge in [-0.2, -0.15) is 0 Å². The van der Waals surface area contributed by atoms with E-state index in [0.29, 0.717) is 5.84 Å². The van der Waals surface area contributed by atoms with Gasteiger partial charge in [0.1, 0.15) is 5.84 Å². The van der Waals surface area contributed by atoms with Crippen LogP contribution >= 0.6 is 0 Å². The second-order valence-electron chi connectivity index (χ2n) is 3.57. The molecule has 0 aromatic heterocycles. The van der Waals surface area contributed by atoms with Crippen LogP contribution in [0, 0.1) is 5.41 Å². The number of hydrogen-bond acceptors (Lipinski definition) is 1. The lowest BCUT2D eigenvalue weighted by Crippen LogP contribution is -2.22. The molecule has 1 aromatic rings. The Morgan fingerprint density at radius 1 is 1.29 bits per heavy atom. The smallest absolute Gasteiger partial charge is 0.104 e. The van der Waals surface area contributed by atoms with Gasteiger partial charge in [0.15, 0.2) is 0 Å². The lowest BCUT2D eigenvalue weighted by Gasteiger charge is -2.20. The number of allylic oxidation sites excluding steroid dienone is 1. The van der Waals surface area contributed by atoms with E-state index in [4.69, 9.17) is 5.41 Å². The van der Waals surface area contributed by atoms with Crippen molar-refractivity contribution in [3.8, 4) is 0 Å². The molecule has 1 aliphatic rings. The largest absolute Gasteiger partial charge is 0.330 e. The van der Waals surface area contributed by atoms with Crippen LogP contribution in [0.15, 0.2) is 42.1 Å². The van der Waals surface area contributed by atoms with Crippen molar-refractivity contribution in [3.05, 3.63) is 47.7 Å². The molecule has 1 aliphatic heterocycles. The molecule has 2 rings (SSSR count). The van der Waals surface area contributed by atoms with Crippen LogP contribution in [-0.2, 0) is 6.54 Å². The van der Waals surface area contributed by atoms with E-state index in [2.05, 4.69) is 30.0 Å². The number of hydrogen-bond donors (Lipinski definition) is 1. The Morgan fingerprint density at radius 3 is 2.57 bits per heavy atom. The minimum atomic E-state index is 0.700. The lowest BCUT2D eigenvalue weighted by molar-refractivity contribution is 0.515. The first-order valence-electron chi connectivity index (χ1n) is 4.83. The van der Waals surface area contributed by atoms with Gasteiger partial charge in [-0.05, 0) is 12.5 Å². The topological polar surface area (TPSA) is 27.1 Å². The maximum Gasteiger partial charge on any atom is 0.104 e. The highest BCUT2D eigenvalue weighted by molar-refractivity contribution is 5.85. The molecule has 0 radical (unpaired) electrons. The fourth-order valence-corrected chi connectivity index (χ4v) is 1.66. The van der Waals surface area contributed by atoms with Gasteiger partial charge in [0, 0.05) is 18.7 Å². The van der Waals surface area contributed by atoms with Gasteiger partial charge in [-0.1, -0.05) is 36.4 Å². The number of benzene rings is 1. The zero-order chi connectivity index (χ0) is 9.97. The van der Waals surface area contributed by atoms with E-state index in [1.807, 2.05) is 18.2 Å². The van der Waals surface area contributed by atoms with Gasteiger partial charge in [0.05, 0.1) is 0 Å². The summed E-state index contributed by atoms with van der Waals surface area (Å²) in [6.07, 6.45) is 2.88. The molecule has 0 saturated carbocycles. The third kappa shape index (κ3) is 1.69. The van der Waals surface area contributed by atoms with Gasteiger partial charge in [0.2, 0.25) is 0 Å². The zero-order valence-electron chi connectivity index (χ0n) is 8.33. The average Bonchev–Trinajstić information content (AvgIpc) is 2.51. The lowest BCUT2D eigenvalue weighted by atomic mass is 10.2. The molecule has 1 heterocycles. The van der Waals surface area contributed by atoms with Crippen molar-refractivity contribution in [1.82, 2.24) is 4.90 Å². The summed E-state index contributed by atoms with van der Waals surface area (Å²) in [5.41, 5.74) is 2.45. The van der Waals surface area contributed by atoms with Crippen LogP contribution in [-0.4, -0.2) is 10.7 Å². The Hall–Kier alpha value is -1.57. The SMILES string of the molecule is CC1=CCC(=N)N1Cc1ccccc1. The van der Waals surface area contributed by atoms with Crippen LogP contribution in [0.4, 0.5) is 0 Å². The van der Waals surface area contributed by atoms with Gasteiger partial charge in [-0.3, -0.25) is 5.41 Å². The normalized spacial score (nSPS) is 15.9. The monoisotopic (exact) mass is 186 g/mol. The van der Waals surface area contributed by atoms with Crippen molar-refractivity contribution in [3.63, 3.8) is 0 Å². The van der Waals surface area contributed by atoms with E-state index in [-0.39, 0.29) is 0 Å². The van der Waals surface area contributed by atoms with Crippen molar-refractivity contribution in [2.45, 2.75) is 19.9 Å². The van der Waals surface area contributed by atoms with Crippen molar-refractivity contribution >= 4 is 5.84 Å². The highest BCUT2D eigenvalue weighted by atomic mass is 15.2. The van der Waals surface area contributed by atoms with Gasteiger partial charge >= 0.3 is 0 Å². The van der Waals surface area contributed by atoms with Crippen LogP contribution in [0.3, 0.4) is 0 Å². The van der Waals surface area contributed by atoms with Crippen molar-refractivity contribution in [2.24, 2.45) is 0 Å². The zero-order valence-corrected chi connectivity index (χ0v) is 8.33. The van der Waals surface area contributed by atoms with E-state index in [9.17, 15) is 0 Å². The van der Waals surface area contributed by atoms with E-state index >= 15 is 0 Å².